The van der Waals surface area contributed by atoms with Crippen LogP contribution in [0.5, 0.6) is 11.5 Å². The van der Waals surface area contributed by atoms with Crippen molar-refractivity contribution >= 4 is 17.5 Å². The molecular weight excluding hydrogens is 416 g/mol. The zero-order chi connectivity index (χ0) is 22.5. The summed E-state index contributed by atoms with van der Waals surface area (Å²) >= 11 is 6.06. The molecule has 31 heavy (non-hydrogen) atoms. The first kappa shape index (κ1) is 22.6. The molecule has 0 saturated carbocycles. The Balaban J connectivity index is 1.75. The van der Waals surface area contributed by atoms with Gasteiger partial charge in [0.05, 0.1) is 31.1 Å². The summed E-state index contributed by atoms with van der Waals surface area (Å²) in [4.78, 5) is 12.9. The Kier molecular flexibility index (Phi) is 7.17. The zero-order valence-corrected chi connectivity index (χ0v) is 19.1. The van der Waals surface area contributed by atoms with Gasteiger partial charge in [0.2, 0.25) is 0 Å². The van der Waals surface area contributed by atoms with Crippen LogP contribution in [0.25, 0.3) is 5.69 Å². The lowest BCUT2D eigenvalue weighted by atomic mass is 10.1. The third-order valence-electron chi connectivity index (χ3n) is 4.77. The van der Waals surface area contributed by atoms with Crippen molar-refractivity contribution in [2.24, 2.45) is 5.92 Å². The fourth-order valence-corrected chi connectivity index (χ4v) is 3.25. The second kappa shape index (κ2) is 9.83. The second-order valence-corrected chi connectivity index (χ2v) is 8.16. The van der Waals surface area contributed by atoms with Gasteiger partial charge in [0.15, 0.2) is 17.2 Å². The van der Waals surface area contributed by atoms with E-state index in [0.717, 1.165) is 11.3 Å². The number of nitrogens with zero attached hydrogens (tertiary/aromatic N) is 3. The molecule has 2 aromatic carbocycles. The standard InChI is InChI=1S/C23H27ClN4O3/c1-14(2)13-31-20-10-9-17(11-21(20)30-5)15(3)25-23(29)22-16(4)28(27-26-22)19-8-6-7-18(24)12-19/h6-12,14-15H,13H2,1-5H3,(H,25,29). The lowest BCUT2D eigenvalue weighted by Crippen LogP contribution is -2.27. The first-order valence-corrected chi connectivity index (χ1v) is 10.5. The van der Waals surface area contributed by atoms with Gasteiger partial charge in [-0.25, -0.2) is 4.68 Å². The summed E-state index contributed by atoms with van der Waals surface area (Å²) in [6.45, 7) is 8.47. The van der Waals surface area contributed by atoms with Crippen molar-refractivity contribution in [3.05, 3.63) is 64.4 Å². The molecule has 0 spiro atoms. The summed E-state index contributed by atoms with van der Waals surface area (Å²) in [6, 6.07) is 12.6. The molecule has 8 heteroatoms. The van der Waals surface area contributed by atoms with E-state index in [0.29, 0.717) is 34.7 Å². The molecule has 0 aliphatic heterocycles. The van der Waals surface area contributed by atoms with Gasteiger partial charge in [-0.05, 0) is 55.7 Å². The van der Waals surface area contributed by atoms with Gasteiger partial charge >= 0.3 is 0 Å². The van der Waals surface area contributed by atoms with Crippen LogP contribution in [-0.4, -0.2) is 34.6 Å². The molecule has 1 heterocycles. The third-order valence-corrected chi connectivity index (χ3v) is 5.00. The quantitative estimate of drug-likeness (QED) is 0.544. The van der Waals surface area contributed by atoms with Gasteiger partial charge in [-0.2, -0.15) is 0 Å². The van der Waals surface area contributed by atoms with Crippen molar-refractivity contribution in [2.75, 3.05) is 13.7 Å². The first-order chi connectivity index (χ1) is 14.8. The summed E-state index contributed by atoms with van der Waals surface area (Å²) in [6.07, 6.45) is 0. The summed E-state index contributed by atoms with van der Waals surface area (Å²) in [5.74, 6) is 1.41. The molecule has 7 nitrogen and oxygen atoms in total. The highest BCUT2D eigenvalue weighted by molar-refractivity contribution is 6.30. The number of methoxy groups -OCH3 is 1. The lowest BCUT2D eigenvalue weighted by molar-refractivity contribution is 0.0934. The lowest BCUT2D eigenvalue weighted by Gasteiger charge is -2.17. The Morgan fingerprint density at radius 2 is 1.94 bits per heavy atom. The number of carbonyl (C=O) groups excluding carboxylic acids is 1. The Morgan fingerprint density at radius 3 is 2.61 bits per heavy atom. The maximum absolute atomic E-state index is 12.9. The summed E-state index contributed by atoms with van der Waals surface area (Å²) in [5.41, 5.74) is 2.52. The van der Waals surface area contributed by atoms with E-state index in [9.17, 15) is 4.79 Å². The van der Waals surface area contributed by atoms with Crippen molar-refractivity contribution in [3.63, 3.8) is 0 Å². The fourth-order valence-electron chi connectivity index (χ4n) is 3.07. The molecule has 1 unspecified atom stereocenters. The van der Waals surface area contributed by atoms with E-state index in [1.54, 1.807) is 30.8 Å². The normalized spacial score (nSPS) is 12.0. The number of aromatic nitrogens is 3. The molecule has 0 fully saturated rings. The molecule has 164 valence electrons. The predicted molar refractivity (Wildman–Crippen MR) is 120 cm³/mol. The highest BCUT2D eigenvalue weighted by Gasteiger charge is 2.20. The van der Waals surface area contributed by atoms with E-state index in [-0.39, 0.29) is 17.6 Å². The SMILES string of the molecule is COc1cc(C(C)NC(=O)c2nnn(-c3cccc(Cl)c3)c2C)ccc1OCC(C)C. The molecule has 3 rings (SSSR count). The average molecular weight is 443 g/mol. The highest BCUT2D eigenvalue weighted by atomic mass is 35.5. The van der Waals surface area contributed by atoms with Crippen LogP contribution < -0.4 is 14.8 Å². The Morgan fingerprint density at radius 1 is 1.16 bits per heavy atom. The molecule has 3 aromatic rings. The maximum atomic E-state index is 12.9. The van der Waals surface area contributed by atoms with E-state index in [4.69, 9.17) is 21.1 Å². The Labute approximate surface area is 187 Å². The maximum Gasteiger partial charge on any atom is 0.274 e. The van der Waals surface area contributed by atoms with Crippen LogP contribution >= 0.6 is 11.6 Å². The predicted octanol–water partition coefficient (Wildman–Crippen LogP) is 4.76. The van der Waals surface area contributed by atoms with Crippen molar-refractivity contribution in [3.8, 4) is 17.2 Å². The van der Waals surface area contributed by atoms with Crippen LogP contribution in [0.15, 0.2) is 42.5 Å². The molecule has 1 N–H and O–H groups in total. The number of rotatable bonds is 8. The number of hydrogen-bond donors (Lipinski definition) is 1. The summed E-state index contributed by atoms with van der Waals surface area (Å²) in [7, 11) is 1.60. The van der Waals surface area contributed by atoms with Crippen LogP contribution in [0, 0.1) is 12.8 Å². The molecular formula is C23H27ClN4O3. The van der Waals surface area contributed by atoms with Crippen molar-refractivity contribution in [1.82, 2.24) is 20.3 Å². The Bertz CT molecular complexity index is 1060. The smallest absolute Gasteiger partial charge is 0.274 e. The van der Waals surface area contributed by atoms with Gasteiger partial charge in [0, 0.05) is 5.02 Å². The number of carbonyl (C=O) groups is 1. The summed E-state index contributed by atoms with van der Waals surface area (Å²) < 4.78 is 12.9. The monoisotopic (exact) mass is 442 g/mol. The van der Waals surface area contributed by atoms with Crippen LogP contribution in [0.3, 0.4) is 0 Å². The van der Waals surface area contributed by atoms with Crippen molar-refractivity contribution in [2.45, 2.75) is 33.7 Å². The third kappa shape index (κ3) is 5.35. The number of amides is 1. The fraction of sp³-hybridized carbons (Fsp3) is 0.348. The zero-order valence-electron chi connectivity index (χ0n) is 18.3. The highest BCUT2D eigenvalue weighted by Crippen LogP contribution is 2.31. The number of ether oxygens (including phenoxy) is 2. The number of halogens is 1. The van der Waals surface area contributed by atoms with E-state index >= 15 is 0 Å². The van der Waals surface area contributed by atoms with Crippen LogP contribution in [0.1, 0.15) is 48.6 Å². The van der Waals surface area contributed by atoms with Crippen molar-refractivity contribution in [1.29, 1.82) is 0 Å². The minimum Gasteiger partial charge on any atom is -0.493 e. The van der Waals surface area contributed by atoms with Crippen LogP contribution in [0.4, 0.5) is 0 Å². The number of hydrogen-bond acceptors (Lipinski definition) is 5. The number of nitrogens with one attached hydrogen (secondary N) is 1. The topological polar surface area (TPSA) is 78.3 Å². The molecule has 0 bridgehead atoms. The summed E-state index contributed by atoms with van der Waals surface area (Å²) in [5, 5.41) is 11.7. The molecule has 0 aliphatic rings. The minimum atomic E-state index is -0.308. The second-order valence-electron chi connectivity index (χ2n) is 7.73. The number of benzene rings is 2. The Hall–Kier alpha value is -3.06. The van der Waals surface area contributed by atoms with E-state index < -0.39 is 0 Å². The van der Waals surface area contributed by atoms with Gasteiger partial charge in [-0.1, -0.05) is 42.8 Å². The van der Waals surface area contributed by atoms with Gasteiger partial charge in [-0.15, -0.1) is 5.10 Å². The molecule has 0 radical (unpaired) electrons. The minimum absolute atomic E-state index is 0.260. The molecule has 1 amide bonds. The molecule has 1 atom stereocenters. The van der Waals surface area contributed by atoms with E-state index in [1.807, 2.05) is 37.3 Å². The largest absolute Gasteiger partial charge is 0.493 e. The van der Waals surface area contributed by atoms with Crippen LogP contribution in [-0.2, 0) is 0 Å². The van der Waals surface area contributed by atoms with E-state index in [2.05, 4.69) is 29.5 Å². The first-order valence-electron chi connectivity index (χ1n) is 10.1. The molecule has 1 aromatic heterocycles. The van der Waals surface area contributed by atoms with Crippen LogP contribution in [0.2, 0.25) is 5.02 Å². The molecule has 0 saturated heterocycles. The van der Waals surface area contributed by atoms with Gasteiger partial charge in [0.25, 0.3) is 5.91 Å². The van der Waals surface area contributed by atoms with Gasteiger partial charge in [-0.3, -0.25) is 4.79 Å². The molecule has 0 aliphatic carbocycles. The van der Waals surface area contributed by atoms with Crippen molar-refractivity contribution < 1.29 is 14.3 Å². The van der Waals surface area contributed by atoms with Gasteiger partial charge < -0.3 is 14.8 Å². The van der Waals surface area contributed by atoms with Gasteiger partial charge in [0.1, 0.15) is 0 Å². The average Bonchev–Trinajstić information content (AvgIpc) is 3.13. The van der Waals surface area contributed by atoms with E-state index in [1.165, 1.54) is 0 Å².